The molecule has 0 amide bonds. The molecule has 3 aliphatic rings. The van der Waals surface area contributed by atoms with Crippen molar-refractivity contribution < 1.29 is 48.2 Å². The number of fused-ring (bicyclic) bond motifs is 3. The number of nitrogen functional groups attached to an aromatic ring is 1. The highest BCUT2D eigenvalue weighted by molar-refractivity contribution is 5.88. The zero-order chi connectivity index (χ0) is 27.4. The van der Waals surface area contributed by atoms with Crippen LogP contribution in [-0.2, 0) is 38.0 Å². The van der Waals surface area contributed by atoms with E-state index in [0.29, 0.717) is 11.2 Å². The van der Waals surface area contributed by atoms with Crippen LogP contribution in [0.3, 0.4) is 0 Å². The third-order valence-corrected chi connectivity index (χ3v) is 7.21. The lowest BCUT2D eigenvalue weighted by Gasteiger charge is -2.52. The minimum absolute atomic E-state index is 0.00184. The Morgan fingerprint density at radius 3 is 2.71 bits per heavy atom. The summed E-state index contributed by atoms with van der Waals surface area (Å²) in [5, 5.41) is 22.7. The number of hydrogen-bond donors (Lipinski definition) is 3. The molecule has 9 atom stereocenters. The fourth-order valence-electron chi connectivity index (χ4n) is 5.10. The van der Waals surface area contributed by atoms with Gasteiger partial charge in [0.2, 0.25) is 5.79 Å². The van der Waals surface area contributed by atoms with Crippen LogP contribution in [0.1, 0.15) is 26.5 Å². The topological polar surface area (TPSA) is 200 Å². The number of hydrogen-bond acceptors (Lipinski definition) is 14. The summed E-state index contributed by atoms with van der Waals surface area (Å²) in [6, 6.07) is 0. The number of allylic oxidation sites excluding steroid dienone is 1. The summed E-state index contributed by atoms with van der Waals surface area (Å²) in [5.41, 5.74) is 6.90. The smallest absolute Gasteiger partial charge is 0.337 e. The van der Waals surface area contributed by atoms with Gasteiger partial charge in [-0.15, -0.1) is 0 Å². The molecule has 38 heavy (non-hydrogen) atoms. The number of carbonyl (C=O) groups is 2. The standard InChI is InChI=1S/C23H29N5O10/c1-5-9(2)21(30)37-17-13(29)15(22(31)34-4)36-11-6-10-14(38-23(11,17)32)16(33-3)20(35-10)28-8-27-12-18(24)25-7-26-19(12)28/h5,7-8,10-11,13-17,20,29,32H,6H2,1-4H3,(H2,24,25,26)/b9-5+/t10?,11?,13-,14?,15+,16-,17+,20-,23-/m1/s1. The zero-order valence-electron chi connectivity index (χ0n) is 21.1. The minimum Gasteiger partial charge on any atom is -0.467 e. The van der Waals surface area contributed by atoms with E-state index in [0.717, 1.165) is 7.11 Å². The molecule has 4 N–H and O–H groups in total. The van der Waals surface area contributed by atoms with Crippen LogP contribution in [0.2, 0.25) is 0 Å². The lowest BCUT2D eigenvalue weighted by Crippen LogP contribution is -2.73. The van der Waals surface area contributed by atoms with Gasteiger partial charge in [0, 0.05) is 19.1 Å². The van der Waals surface area contributed by atoms with E-state index in [1.54, 1.807) is 11.5 Å². The SMILES string of the molecule is C/C=C(\C)C(=O)O[C@H]1[C@H](O)[C@@H](C(=O)OC)OC2CC3O[C@@H](n4cnc5c(N)ncnc54)[C@H](OC)C3O[C@]21O. The monoisotopic (exact) mass is 535 g/mol. The van der Waals surface area contributed by atoms with Crippen molar-refractivity contribution in [2.45, 2.75) is 75.0 Å². The number of carbonyl (C=O) groups excluding carboxylic acids is 2. The molecular formula is C23H29N5O10. The molecule has 15 nitrogen and oxygen atoms in total. The summed E-state index contributed by atoms with van der Waals surface area (Å²) in [6.07, 6.45) is -5.25. The van der Waals surface area contributed by atoms with Gasteiger partial charge in [-0.1, -0.05) is 6.08 Å². The van der Waals surface area contributed by atoms with Gasteiger partial charge in [-0.25, -0.2) is 24.5 Å². The molecule has 3 unspecified atom stereocenters. The van der Waals surface area contributed by atoms with E-state index in [-0.39, 0.29) is 17.8 Å². The number of esters is 2. The molecule has 2 aromatic rings. The number of imidazole rings is 1. The van der Waals surface area contributed by atoms with Crippen molar-refractivity contribution in [3.63, 3.8) is 0 Å². The van der Waals surface area contributed by atoms with Gasteiger partial charge < -0.3 is 44.4 Å². The van der Waals surface area contributed by atoms with Crippen LogP contribution >= 0.6 is 0 Å². The third-order valence-electron chi connectivity index (χ3n) is 7.21. The van der Waals surface area contributed by atoms with E-state index in [2.05, 4.69) is 15.0 Å². The lowest BCUT2D eigenvalue weighted by molar-refractivity contribution is -0.397. The number of ether oxygens (including phenoxy) is 6. The fraction of sp³-hybridized carbons (Fsp3) is 0.609. The number of nitrogens with zero attached hydrogens (tertiary/aromatic N) is 4. The fourth-order valence-corrected chi connectivity index (χ4v) is 5.10. The van der Waals surface area contributed by atoms with Crippen LogP contribution in [0, 0.1) is 0 Å². The van der Waals surface area contributed by atoms with Crippen molar-refractivity contribution in [3.8, 4) is 0 Å². The van der Waals surface area contributed by atoms with Gasteiger partial charge in [-0.05, 0) is 13.8 Å². The van der Waals surface area contributed by atoms with Crippen molar-refractivity contribution in [2.24, 2.45) is 0 Å². The third kappa shape index (κ3) is 4.02. The normalized spacial score (nSPS) is 36.9. The number of aromatic nitrogens is 4. The van der Waals surface area contributed by atoms with Crippen LogP contribution in [0.25, 0.3) is 11.2 Å². The van der Waals surface area contributed by atoms with Crippen LogP contribution in [0.4, 0.5) is 5.82 Å². The van der Waals surface area contributed by atoms with Crippen LogP contribution in [-0.4, -0.2) is 104 Å². The summed E-state index contributed by atoms with van der Waals surface area (Å²) in [6.45, 7) is 3.14. The Morgan fingerprint density at radius 2 is 2.03 bits per heavy atom. The maximum absolute atomic E-state index is 12.7. The van der Waals surface area contributed by atoms with Gasteiger partial charge in [0.15, 0.2) is 29.9 Å². The van der Waals surface area contributed by atoms with Crippen molar-refractivity contribution in [3.05, 3.63) is 24.3 Å². The van der Waals surface area contributed by atoms with Crippen molar-refractivity contribution in [2.75, 3.05) is 20.0 Å². The molecule has 206 valence electrons. The van der Waals surface area contributed by atoms with Gasteiger partial charge in [0.05, 0.1) is 19.5 Å². The van der Waals surface area contributed by atoms with E-state index in [1.165, 1.54) is 32.8 Å². The number of rotatable bonds is 5. The van der Waals surface area contributed by atoms with Crippen LogP contribution < -0.4 is 5.73 Å². The first-order valence-corrected chi connectivity index (χ1v) is 11.9. The Kier molecular flexibility index (Phi) is 6.83. The van der Waals surface area contributed by atoms with E-state index in [9.17, 15) is 19.8 Å². The summed E-state index contributed by atoms with van der Waals surface area (Å²) < 4.78 is 35.7. The summed E-state index contributed by atoms with van der Waals surface area (Å²) in [5.74, 6) is -3.89. The summed E-state index contributed by atoms with van der Waals surface area (Å²) in [4.78, 5) is 37.5. The predicted molar refractivity (Wildman–Crippen MR) is 125 cm³/mol. The molecule has 15 heteroatoms. The van der Waals surface area contributed by atoms with Gasteiger partial charge in [0.25, 0.3) is 0 Å². The Labute approximate surface area is 216 Å². The first-order valence-electron chi connectivity index (χ1n) is 11.9. The Hall–Kier alpha value is -3.21. The maximum Gasteiger partial charge on any atom is 0.337 e. The second-order valence-electron chi connectivity index (χ2n) is 9.28. The molecular weight excluding hydrogens is 506 g/mol. The molecule has 5 rings (SSSR count). The van der Waals surface area contributed by atoms with Crippen molar-refractivity contribution in [1.29, 1.82) is 0 Å². The molecule has 3 fully saturated rings. The largest absolute Gasteiger partial charge is 0.467 e. The van der Waals surface area contributed by atoms with Crippen molar-refractivity contribution >= 4 is 28.9 Å². The van der Waals surface area contributed by atoms with Crippen molar-refractivity contribution in [1.82, 2.24) is 19.5 Å². The van der Waals surface area contributed by atoms with E-state index in [1.807, 2.05) is 0 Å². The summed E-state index contributed by atoms with van der Waals surface area (Å²) in [7, 11) is 2.56. The molecule has 0 aromatic carbocycles. The Balaban J connectivity index is 1.50. The van der Waals surface area contributed by atoms with Gasteiger partial charge in [-0.2, -0.15) is 0 Å². The number of nitrogens with two attached hydrogens (primary N) is 1. The molecule has 5 heterocycles. The second kappa shape index (κ2) is 9.83. The highest BCUT2D eigenvalue weighted by Crippen LogP contribution is 2.47. The first kappa shape index (κ1) is 26.4. The highest BCUT2D eigenvalue weighted by atomic mass is 16.7. The average molecular weight is 536 g/mol. The van der Waals surface area contributed by atoms with Gasteiger partial charge in [0.1, 0.15) is 36.3 Å². The second-order valence-corrected chi connectivity index (χ2v) is 9.28. The number of aliphatic hydroxyl groups excluding tert-OH is 1. The molecule has 2 aromatic heterocycles. The molecule has 0 radical (unpaired) electrons. The number of aliphatic hydroxyl groups is 2. The van der Waals surface area contributed by atoms with E-state index in [4.69, 9.17) is 34.2 Å². The van der Waals surface area contributed by atoms with E-state index < -0.39 is 66.7 Å². The molecule has 0 aliphatic carbocycles. The van der Waals surface area contributed by atoms with Crippen LogP contribution in [0.15, 0.2) is 24.3 Å². The van der Waals surface area contributed by atoms with Crippen LogP contribution in [0.5, 0.6) is 0 Å². The molecule has 0 bridgehead atoms. The highest BCUT2D eigenvalue weighted by Gasteiger charge is 2.67. The maximum atomic E-state index is 12.7. The average Bonchev–Trinajstić information content (AvgIpc) is 3.49. The quantitative estimate of drug-likeness (QED) is 0.310. The molecule has 3 saturated heterocycles. The summed E-state index contributed by atoms with van der Waals surface area (Å²) >= 11 is 0. The predicted octanol–water partition coefficient (Wildman–Crippen LogP) is -1.02. The Morgan fingerprint density at radius 1 is 1.26 bits per heavy atom. The first-order chi connectivity index (χ1) is 18.1. The molecule has 0 spiro atoms. The van der Waals surface area contributed by atoms with Gasteiger partial charge in [-0.3, -0.25) is 4.57 Å². The lowest BCUT2D eigenvalue weighted by atomic mass is 9.84. The number of anilines is 1. The Bertz CT molecular complexity index is 1270. The zero-order valence-corrected chi connectivity index (χ0v) is 21.1. The molecule has 3 aliphatic heterocycles. The minimum atomic E-state index is -2.35. The van der Waals surface area contributed by atoms with E-state index >= 15 is 0 Å². The number of methoxy groups -OCH3 is 2. The molecule has 0 saturated carbocycles. The van der Waals surface area contributed by atoms with Gasteiger partial charge >= 0.3 is 11.9 Å².